The zero-order chi connectivity index (χ0) is 22.3. The number of aromatic nitrogens is 3. The van der Waals surface area contributed by atoms with Gasteiger partial charge in [-0.3, -0.25) is 9.36 Å². The SMILES string of the molecule is Cc1ccc(-n2c(SCC(=O)NN=Cc3cccc(Cl)c3)nnc2-c2ccccc2)cc1. The van der Waals surface area contributed by atoms with Crippen LogP contribution in [0.4, 0.5) is 0 Å². The maximum atomic E-state index is 12.3. The van der Waals surface area contributed by atoms with Gasteiger partial charge in [-0.25, -0.2) is 5.43 Å². The van der Waals surface area contributed by atoms with Crippen molar-refractivity contribution >= 4 is 35.5 Å². The highest BCUT2D eigenvalue weighted by Gasteiger charge is 2.17. The molecule has 4 aromatic rings. The quantitative estimate of drug-likeness (QED) is 0.235. The second-order valence-electron chi connectivity index (χ2n) is 6.98. The van der Waals surface area contributed by atoms with Crippen LogP contribution in [0.15, 0.2) is 89.1 Å². The summed E-state index contributed by atoms with van der Waals surface area (Å²) in [7, 11) is 0. The van der Waals surface area contributed by atoms with Crippen LogP contribution in [-0.2, 0) is 4.79 Å². The molecule has 8 heteroatoms. The first-order chi connectivity index (χ1) is 15.6. The number of benzene rings is 3. The molecule has 1 heterocycles. The van der Waals surface area contributed by atoms with Gasteiger partial charge >= 0.3 is 0 Å². The molecule has 0 aliphatic heterocycles. The summed E-state index contributed by atoms with van der Waals surface area (Å²) in [6.07, 6.45) is 1.55. The lowest BCUT2D eigenvalue weighted by atomic mass is 10.2. The number of carbonyl (C=O) groups excluding carboxylic acids is 1. The molecule has 1 amide bonds. The Morgan fingerprint density at radius 1 is 1.06 bits per heavy atom. The molecule has 1 N–H and O–H groups in total. The Bertz CT molecular complexity index is 1240. The Balaban J connectivity index is 1.50. The molecule has 0 spiro atoms. The molecule has 160 valence electrons. The molecule has 3 aromatic carbocycles. The summed E-state index contributed by atoms with van der Waals surface area (Å²) in [4.78, 5) is 12.3. The fourth-order valence-corrected chi connectivity index (χ4v) is 3.94. The second kappa shape index (κ2) is 10.3. The van der Waals surface area contributed by atoms with E-state index >= 15 is 0 Å². The number of halogens is 1. The Kier molecular flexibility index (Phi) is 6.99. The van der Waals surface area contributed by atoms with Crippen molar-refractivity contribution in [3.63, 3.8) is 0 Å². The average molecular weight is 462 g/mol. The fraction of sp³-hybridized carbons (Fsp3) is 0.0833. The maximum absolute atomic E-state index is 12.3. The van der Waals surface area contributed by atoms with Gasteiger partial charge in [-0.15, -0.1) is 10.2 Å². The normalized spacial score (nSPS) is 11.1. The number of hydrazone groups is 1. The minimum absolute atomic E-state index is 0.145. The van der Waals surface area contributed by atoms with Gasteiger partial charge in [-0.05, 0) is 36.8 Å². The first kappa shape index (κ1) is 21.8. The summed E-state index contributed by atoms with van der Waals surface area (Å²) in [6.45, 7) is 2.04. The van der Waals surface area contributed by atoms with E-state index < -0.39 is 0 Å². The van der Waals surface area contributed by atoms with Gasteiger partial charge in [0.25, 0.3) is 5.91 Å². The van der Waals surface area contributed by atoms with Crippen molar-refractivity contribution in [3.8, 4) is 17.1 Å². The average Bonchev–Trinajstić information content (AvgIpc) is 3.23. The first-order valence-corrected chi connectivity index (χ1v) is 11.2. The molecule has 0 atom stereocenters. The lowest BCUT2D eigenvalue weighted by Gasteiger charge is -2.10. The van der Waals surface area contributed by atoms with E-state index in [0.29, 0.717) is 10.2 Å². The summed E-state index contributed by atoms with van der Waals surface area (Å²) in [5.74, 6) is 0.621. The number of nitrogens with one attached hydrogen (secondary N) is 1. The van der Waals surface area contributed by atoms with E-state index in [9.17, 15) is 4.79 Å². The monoisotopic (exact) mass is 461 g/mol. The van der Waals surface area contributed by atoms with Crippen LogP contribution in [0.1, 0.15) is 11.1 Å². The van der Waals surface area contributed by atoms with E-state index in [2.05, 4.69) is 20.7 Å². The third-order valence-electron chi connectivity index (χ3n) is 4.54. The summed E-state index contributed by atoms with van der Waals surface area (Å²) >= 11 is 7.26. The van der Waals surface area contributed by atoms with E-state index in [4.69, 9.17) is 11.6 Å². The van der Waals surface area contributed by atoms with Crippen LogP contribution in [0, 0.1) is 6.92 Å². The molecular formula is C24H20ClN5OS. The number of rotatable bonds is 7. The maximum Gasteiger partial charge on any atom is 0.250 e. The minimum Gasteiger partial charge on any atom is -0.272 e. The number of aryl methyl sites for hydroxylation is 1. The summed E-state index contributed by atoms with van der Waals surface area (Å²) < 4.78 is 1.96. The number of hydrogen-bond acceptors (Lipinski definition) is 5. The van der Waals surface area contributed by atoms with Gasteiger partial charge in [0.15, 0.2) is 11.0 Å². The van der Waals surface area contributed by atoms with E-state index in [1.54, 1.807) is 18.3 Å². The number of hydrogen-bond donors (Lipinski definition) is 1. The largest absolute Gasteiger partial charge is 0.272 e. The van der Waals surface area contributed by atoms with Crippen molar-refractivity contribution in [2.75, 3.05) is 5.75 Å². The lowest BCUT2D eigenvalue weighted by molar-refractivity contribution is -0.118. The molecular weight excluding hydrogens is 442 g/mol. The van der Waals surface area contributed by atoms with Crippen LogP contribution < -0.4 is 5.43 Å². The van der Waals surface area contributed by atoms with Crippen LogP contribution in [0.5, 0.6) is 0 Å². The third-order valence-corrected chi connectivity index (χ3v) is 5.71. The third kappa shape index (κ3) is 5.43. The van der Waals surface area contributed by atoms with Gasteiger partial charge in [0.05, 0.1) is 12.0 Å². The molecule has 0 saturated heterocycles. The van der Waals surface area contributed by atoms with Crippen molar-refractivity contribution in [1.29, 1.82) is 0 Å². The van der Waals surface area contributed by atoms with E-state index in [1.807, 2.05) is 78.2 Å². The van der Waals surface area contributed by atoms with Gasteiger partial charge in [-0.1, -0.05) is 83.5 Å². The Morgan fingerprint density at radius 3 is 2.59 bits per heavy atom. The van der Waals surface area contributed by atoms with E-state index in [-0.39, 0.29) is 11.7 Å². The molecule has 0 fully saturated rings. The molecule has 0 radical (unpaired) electrons. The molecule has 4 rings (SSSR count). The fourth-order valence-electron chi connectivity index (χ4n) is 2.99. The molecule has 6 nitrogen and oxygen atoms in total. The Morgan fingerprint density at radius 2 is 1.84 bits per heavy atom. The Labute approximate surface area is 195 Å². The van der Waals surface area contributed by atoms with E-state index in [1.165, 1.54) is 11.8 Å². The summed E-state index contributed by atoms with van der Waals surface area (Å²) in [5, 5.41) is 14.0. The number of thioether (sulfide) groups is 1. The highest BCUT2D eigenvalue weighted by molar-refractivity contribution is 7.99. The highest BCUT2D eigenvalue weighted by Crippen LogP contribution is 2.28. The number of nitrogens with zero attached hydrogens (tertiary/aromatic N) is 4. The first-order valence-electron chi connectivity index (χ1n) is 9.88. The van der Waals surface area contributed by atoms with Crippen LogP contribution in [-0.4, -0.2) is 32.6 Å². The highest BCUT2D eigenvalue weighted by atomic mass is 35.5. The van der Waals surface area contributed by atoms with Gasteiger partial charge < -0.3 is 0 Å². The van der Waals surface area contributed by atoms with Gasteiger partial charge in [0, 0.05) is 16.3 Å². The van der Waals surface area contributed by atoms with E-state index in [0.717, 1.165) is 28.2 Å². The predicted molar refractivity (Wildman–Crippen MR) is 129 cm³/mol. The molecule has 32 heavy (non-hydrogen) atoms. The predicted octanol–water partition coefficient (Wildman–Crippen LogP) is 5.14. The van der Waals surface area contributed by atoms with Crippen LogP contribution in [0.25, 0.3) is 17.1 Å². The van der Waals surface area contributed by atoms with Gasteiger partial charge in [-0.2, -0.15) is 5.10 Å². The zero-order valence-corrected chi connectivity index (χ0v) is 18.8. The topological polar surface area (TPSA) is 72.2 Å². The van der Waals surface area contributed by atoms with Crippen molar-refractivity contribution in [2.45, 2.75) is 12.1 Å². The molecule has 0 saturated carbocycles. The second-order valence-corrected chi connectivity index (χ2v) is 8.36. The van der Waals surface area contributed by atoms with Gasteiger partial charge in [0.1, 0.15) is 0 Å². The van der Waals surface area contributed by atoms with Crippen molar-refractivity contribution in [3.05, 3.63) is 95.0 Å². The van der Waals surface area contributed by atoms with Crippen molar-refractivity contribution in [2.24, 2.45) is 5.10 Å². The van der Waals surface area contributed by atoms with Gasteiger partial charge in [0.2, 0.25) is 0 Å². The van der Waals surface area contributed by atoms with Crippen molar-refractivity contribution in [1.82, 2.24) is 20.2 Å². The molecule has 1 aromatic heterocycles. The summed E-state index contributed by atoms with van der Waals surface area (Å²) in [6, 6.07) is 25.2. The summed E-state index contributed by atoms with van der Waals surface area (Å²) in [5.41, 5.74) is 6.38. The Hall–Kier alpha value is -3.42. The van der Waals surface area contributed by atoms with Crippen LogP contribution in [0.2, 0.25) is 5.02 Å². The van der Waals surface area contributed by atoms with Crippen LogP contribution in [0.3, 0.4) is 0 Å². The minimum atomic E-state index is -0.243. The smallest absolute Gasteiger partial charge is 0.250 e. The van der Waals surface area contributed by atoms with Crippen LogP contribution >= 0.6 is 23.4 Å². The van der Waals surface area contributed by atoms with Crippen molar-refractivity contribution < 1.29 is 4.79 Å². The molecule has 0 bridgehead atoms. The number of carbonyl (C=O) groups is 1. The molecule has 0 aliphatic rings. The number of amides is 1. The zero-order valence-electron chi connectivity index (χ0n) is 17.3. The molecule has 0 aliphatic carbocycles. The lowest BCUT2D eigenvalue weighted by Crippen LogP contribution is -2.20. The molecule has 0 unspecified atom stereocenters. The standard InChI is InChI=1S/C24H20ClN5OS/c1-17-10-12-21(13-11-17)30-23(19-7-3-2-4-8-19)28-29-24(30)32-16-22(31)27-26-15-18-6-5-9-20(25)14-18/h2-15H,16H2,1H3,(H,27,31).